The van der Waals surface area contributed by atoms with Gasteiger partial charge in [-0.15, -0.1) is 0 Å². The summed E-state index contributed by atoms with van der Waals surface area (Å²) in [5, 5.41) is 4.93. The zero-order chi connectivity index (χ0) is 11.1. The van der Waals surface area contributed by atoms with Gasteiger partial charge in [0.05, 0.1) is 0 Å². The number of benzene rings is 1. The Hall–Kier alpha value is -0.800. The van der Waals surface area contributed by atoms with Crippen LogP contribution in [0.1, 0.15) is 18.4 Å². The highest BCUT2D eigenvalue weighted by molar-refractivity contribution is 9.10. The number of hydrogen-bond acceptors (Lipinski definition) is 1. The van der Waals surface area contributed by atoms with Gasteiger partial charge < -0.3 is 9.88 Å². The van der Waals surface area contributed by atoms with Gasteiger partial charge in [-0.2, -0.15) is 0 Å². The number of nitrogens with one attached hydrogen (secondary N) is 1. The smallest absolute Gasteiger partial charge is 0.0492 e. The fraction of sp³-hybridized carbons (Fsp3) is 0.385. The molecule has 2 aromatic rings. The summed E-state index contributed by atoms with van der Waals surface area (Å²) in [6, 6.07) is 7.26. The number of aromatic nitrogens is 1. The maximum atomic E-state index is 3.57. The molecular weight excluding hydrogens is 264 g/mol. The molecule has 0 unspecified atom stereocenters. The Morgan fingerprint density at radius 3 is 3.00 bits per heavy atom. The first-order valence-corrected chi connectivity index (χ1v) is 6.50. The third-order valence-electron chi connectivity index (χ3n) is 3.19. The van der Waals surface area contributed by atoms with Gasteiger partial charge in [-0.05, 0) is 30.5 Å². The highest BCUT2D eigenvalue weighted by Gasteiger charge is 2.20. The van der Waals surface area contributed by atoms with Crippen molar-refractivity contribution >= 4 is 26.8 Å². The molecule has 1 aliphatic carbocycles. The molecule has 0 bridgehead atoms. The Labute approximate surface area is 104 Å². The van der Waals surface area contributed by atoms with Gasteiger partial charge in [0, 0.05) is 41.2 Å². The first-order valence-electron chi connectivity index (χ1n) is 5.71. The Morgan fingerprint density at radius 2 is 2.25 bits per heavy atom. The molecule has 2 nitrogen and oxygen atoms in total. The minimum absolute atomic E-state index is 0.769. The zero-order valence-electron chi connectivity index (χ0n) is 9.33. The van der Waals surface area contributed by atoms with E-state index in [1.807, 2.05) is 0 Å². The van der Waals surface area contributed by atoms with E-state index >= 15 is 0 Å². The van der Waals surface area contributed by atoms with Crippen LogP contribution in [0.4, 0.5) is 0 Å². The number of aryl methyl sites for hydroxylation is 1. The molecule has 16 heavy (non-hydrogen) atoms. The van der Waals surface area contributed by atoms with E-state index in [1.165, 1.54) is 29.3 Å². The summed E-state index contributed by atoms with van der Waals surface area (Å²) in [4.78, 5) is 0. The van der Waals surface area contributed by atoms with E-state index in [0.717, 1.165) is 17.1 Å². The SMILES string of the molecule is Cn1cc(CNC2CC2)c2ccc(Br)cc21. The van der Waals surface area contributed by atoms with Gasteiger partial charge in [-0.3, -0.25) is 0 Å². The molecule has 0 spiro atoms. The largest absolute Gasteiger partial charge is 0.350 e. The highest BCUT2D eigenvalue weighted by atomic mass is 79.9. The minimum Gasteiger partial charge on any atom is -0.350 e. The predicted molar refractivity (Wildman–Crippen MR) is 70.5 cm³/mol. The van der Waals surface area contributed by atoms with Gasteiger partial charge in [0.25, 0.3) is 0 Å². The number of rotatable bonds is 3. The van der Waals surface area contributed by atoms with Crippen molar-refractivity contribution in [3.8, 4) is 0 Å². The summed E-state index contributed by atoms with van der Waals surface area (Å²) in [6.45, 7) is 0.990. The zero-order valence-corrected chi connectivity index (χ0v) is 10.9. The lowest BCUT2D eigenvalue weighted by molar-refractivity contribution is 0.689. The fourth-order valence-corrected chi connectivity index (χ4v) is 2.47. The van der Waals surface area contributed by atoms with Crippen molar-refractivity contribution in [3.05, 3.63) is 34.4 Å². The van der Waals surface area contributed by atoms with E-state index in [4.69, 9.17) is 0 Å². The van der Waals surface area contributed by atoms with Crippen LogP contribution in [0.2, 0.25) is 0 Å². The highest BCUT2D eigenvalue weighted by Crippen LogP contribution is 2.25. The van der Waals surface area contributed by atoms with E-state index in [2.05, 4.69) is 57.3 Å². The van der Waals surface area contributed by atoms with Gasteiger partial charge in [-0.25, -0.2) is 0 Å². The maximum Gasteiger partial charge on any atom is 0.0492 e. The monoisotopic (exact) mass is 278 g/mol. The molecule has 1 aromatic carbocycles. The van der Waals surface area contributed by atoms with Crippen LogP contribution in [0.15, 0.2) is 28.9 Å². The molecule has 1 fully saturated rings. The fourth-order valence-electron chi connectivity index (χ4n) is 2.12. The second-order valence-corrected chi connectivity index (χ2v) is 5.50. The van der Waals surface area contributed by atoms with Gasteiger partial charge in [-0.1, -0.05) is 22.0 Å². The molecule has 1 aliphatic rings. The predicted octanol–water partition coefficient (Wildman–Crippen LogP) is 3.19. The van der Waals surface area contributed by atoms with E-state index in [-0.39, 0.29) is 0 Å². The lowest BCUT2D eigenvalue weighted by Crippen LogP contribution is -2.14. The van der Waals surface area contributed by atoms with Crippen molar-refractivity contribution < 1.29 is 0 Å². The standard InChI is InChI=1S/C13H15BrN2/c1-16-8-9(7-15-11-3-4-11)12-5-2-10(14)6-13(12)16/h2,5-6,8,11,15H,3-4,7H2,1H3. The molecule has 0 atom stereocenters. The van der Waals surface area contributed by atoms with E-state index in [1.54, 1.807) is 0 Å². The molecule has 0 aliphatic heterocycles. The van der Waals surface area contributed by atoms with Crippen molar-refractivity contribution in [1.82, 2.24) is 9.88 Å². The van der Waals surface area contributed by atoms with E-state index < -0.39 is 0 Å². The van der Waals surface area contributed by atoms with Crippen LogP contribution >= 0.6 is 15.9 Å². The van der Waals surface area contributed by atoms with Crippen molar-refractivity contribution in [2.75, 3.05) is 0 Å². The summed E-state index contributed by atoms with van der Waals surface area (Å²) < 4.78 is 3.34. The molecule has 3 rings (SSSR count). The maximum absolute atomic E-state index is 3.57. The lowest BCUT2D eigenvalue weighted by Gasteiger charge is -2.00. The Kier molecular flexibility index (Phi) is 2.52. The van der Waals surface area contributed by atoms with E-state index in [0.29, 0.717) is 0 Å². The summed E-state index contributed by atoms with van der Waals surface area (Å²) >= 11 is 3.52. The summed E-state index contributed by atoms with van der Waals surface area (Å²) in [7, 11) is 2.11. The Balaban J connectivity index is 1.97. The lowest BCUT2D eigenvalue weighted by atomic mass is 10.2. The summed E-state index contributed by atoms with van der Waals surface area (Å²) in [5.41, 5.74) is 2.69. The Bertz CT molecular complexity index is 526. The molecule has 1 aromatic heterocycles. The second kappa shape index (κ2) is 3.90. The van der Waals surface area contributed by atoms with Crippen molar-refractivity contribution in [1.29, 1.82) is 0 Å². The molecule has 0 amide bonds. The van der Waals surface area contributed by atoms with Crippen molar-refractivity contribution in [2.45, 2.75) is 25.4 Å². The van der Waals surface area contributed by atoms with Crippen LogP contribution in [-0.2, 0) is 13.6 Å². The van der Waals surface area contributed by atoms with Crippen LogP contribution < -0.4 is 5.32 Å². The number of nitrogens with zero attached hydrogens (tertiary/aromatic N) is 1. The third kappa shape index (κ3) is 1.89. The Morgan fingerprint density at radius 1 is 1.44 bits per heavy atom. The number of halogens is 1. The topological polar surface area (TPSA) is 17.0 Å². The van der Waals surface area contributed by atoms with Crippen LogP contribution in [0.5, 0.6) is 0 Å². The van der Waals surface area contributed by atoms with Crippen LogP contribution in [0, 0.1) is 0 Å². The molecule has 1 saturated carbocycles. The van der Waals surface area contributed by atoms with Crippen LogP contribution in [0.25, 0.3) is 10.9 Å². The van der Waals surface area contributed by atoms with Gasteiger partial charge in [0.15, 0.2) is 0 Å². The molecule has 0 radical (unpaired) electrons. The molecule has 0 saturated heterocycles. The molecule has 1 N–H and O–H groups in total. The molecule has 1 heterocycles. The number of fused-ring (bicyclic) bond motifs is 1. The van der Waals surface area contributed by atoms with Crippen molar-refractivity contribution in [2.24, 2.45) is 7.05 Å². The van der Waals surface area contributed by atoms with E-state index in [9.17, 15) is 0 Å². The minimum atomic E-state index is 0.769. The van der Waals surface area contributed by atoms with Crippen LogP contribution in [0.3, 0.4) is 0 Å². The second-order valence-electron chi connectivity index (χ2n) is 4.58. The third-order valence-corrected chi connectivity index (χ3v) is 3.69. The first-order chi connectivity index (χ1) is 7.74. The first kappa shape index (κ1) is 10.4. The molecule has 84 valence electrons. The quantitative estimate of drug-likeness (QED) is 0.913. The molecular formula is C13H15BrN2. The number of hydrogen-bond donors (Lipinski definition) is 1. The average molecular weight is 279 g/mol. The van der Waals surface area contributed by atoms with Gasteiger partial charge in [0.2, 0.25) is 0 Å². The normalized spacial score (nSPS) is 15.9. The summed E-state index contributed by atoms with van der Waals surface area (Å²) in [6.07, 6.45) is 4.92. The van der Waals surface area contributed by atoms with Crippen LogP contribution in [-0.4, -0.2) is 10.6 Å². The average Bonchev–Trinajstić information content (AvgIpc) is 3.03. The van der Waals surface area contributed by atoms with Gasteiger partial charge in [0.1, 0.15) is 0 Å². The molecule has 3 heteroatoms. The summed E-state index contributed by atoms with van der Waals surface area (Å²) in [5.74, 6) is 0. The van der Waals surface area contributed by atoms with Gasteiger partial charge >= 0.3 is 0 Å². The van der Waals surface area contributed by atoms with Crippen molar-refractivity contribution in [3.63, 3.8) is 0 Å².